The van der Waals surface area contributed by atoms with Crippen LogP contribution in [0.2, 0.25) is 0 Å². The molecule has 0 unspecified atom stereocenters. The molecule has 0 saturated carbocycles. The molecule has 8 heteroatoms. The van der Waals surface area contributed by atoms with Crippen LogP contribution < -0.4 is 15.5 Å². The lowest BCUT2D eigenvalue weighted by Crippen LogP contribution is -2.34. The number of rotatable bonds is 6. The van der Waals surface area contributed by atoms with Crippen molar-refractivity contribution in [3.8, 4) is 5.82 Å². The first-order valence-electron chi connectivity index (χ1n) is 8.21. The van der Waals surface area contributed by atoms with Crippen molar-refractivity contribution in [3.63, 3.8) is 0 Å². The summed E-state index contributed by atoms with van der Waals surface area (Å²) in [6.07, 6.45) is 6.95. The summed E-state index contributed by atoms with van der Waals surface area (Å²) < 4.78 is 1.68. The van der Waals surface area contributed by atoms with E-state index in [1.165, 1.54) is 0 Å². The number of urea groups is 1. The summed E-state index contributed by atoms with van der Waals surface area (Å²) in [5.41, 5.74) is 1.93. The molecule has 0 aliphatic carbocycles. The van der Waals surface area contributed by atoms with Crippen LogP contribution in [-0.2, 0) is 13.1 Å². The highest BCUT2D eigenvalue weighted by Gasteiger charge is 2.04. The van der Waals surface area contributed by atoms with Gasteiger partial charge in [0.1, 0.15) is 5.82 Å². The maximum Gasteiger partial charge on any atom is 0.315 e. The van der Waals surface area contributed by atoms with Crippen LogP contribution in [0.15, 0.2) is 55.1 Å². The van der Waals surface area contributed by atoms with Crippen molar-refractivity contribution in [2.24, 2.45) is 0 Å². The number of aromatic nitrogens is 4. The van der Waals surface area contributed by atoms with E-state index in [-0.39, 0.29) is 6.03 Å². The van der Waals surface area contributed by atoms with Gasteiger partial charge in [-0.3, -0.25) is 0 Å². The summed E-state index contributed by atoms with van der Waals surface area (Å²) in [5.74, 6) is 1.57. The van der Waals surface area contributed by atoms with Crippen LogP contribution in [0.4, 0.5) is 10.6 Å². The average Bonchev–Trinajstić information content (AvgIpc) is 3.20. The molecule has 0 aromatic carbocycles. The number of hydrogen-bond donors (Lipinski definition) is 2. The van der Waals surface area contributed by atoms with Gasteiger partial charge in [0.05, 0.1) is 0 Å². The molecule has 3 rings (SSSR count). The number of amides is 2. The minimum atomic E-state index is -0.231. The minimum absolute atomic E-state index is 0.231. The SMILES string of the molecule is CN(C)c1cc(CNC(=O)NCc2ccnc(-n3cccn3)c2)ccn1. The second-order valence-electron chi connectivity index (χ2n) is 5.93. The Labute approximate surface area is 151 Å². The molecule has 0 fully saturated rings. The molecule has 0 bridgehead atoms. The van der Waals surface area contributed by atoms with E-state index in [0.717, 1.165) is 16.9 Å². The van der Waals surface area contributed by atoms with E-state index < -0.39 is 0 Å². The van der Waals surface area contributed by atoms with Crippen LogP contribution in [0.25, 0.3) is 5.82 Å². The molecule has 0 saturated heterocycles. The van der Waals surface area contributed by atoms with Gasteiger partial charge in [0.25, 0.3) is 0 Å². The summed E-state index contributed by atoms with van der Waals surface area (Å²) in [4.78, 5) is 22.5. The summed E-state index contributed by atoms with van der Waals surface area (Å²) >= 11 is 0. The second kappa shape index (κ2) is 8.11. The first-order chi connectivity index (χ1) is 12.6. The highest BCUT2D eigenvalue weighted by molar-refractivity contribution is 5.73. The van der Waals surface area contributed by atoms with Crippen molar-refractivity contribution in [2.75, 3.05) is 19.0 Å². The summed E-state index contributed by atoms with van der Waals surface area (Å²) in [5, 5.41) is 9.84. The van der Waals surface area contributed by atoms with E-state index in [1.807, 2.05) is 55.5 Å². The molecule has 2 N–H and O–H groups in total. The number of carbonyl (C=O) groups is 1. The van der Waals surface area contributed by atoms with E-state index in [9.17, 15) is 4.79 Å². The Kier molecular flexibility index (Phi) is 5.43. The molecule has 26 heavy (non-hydrogen) atoms. The van der Waals surface area contributed by atoms with Crippen molar-refractivity contribution in [1.29, 1.82) is 0 Å². The van der Waals surface area contributed by atoms with Gasteiger partial charge in [-0.15, -0.1) is 0 Å². The topological polar surface area (TPSA) is 88.0 Å². The third-order valence-corrected chi connectivity index (χ3v) is 3.72. The smallest absolute Gasteiger partial charge is 0.315 e. The van der Waals surface area contributed by atoms with E-state index in [2.05, 4.69) is 25.7 Å². The Morgan fingerprint density at radius 3 is 2.38 bits per heavy atom. The van der Waals surface area contributed by atoms with Gasteiger partial charge in [0.2, 0.25) is 0 Å². The molecule has 3 aromatic rings. The van der Waals surface area contributed by atoms with Gasteiger partial charge < -0.3 is 15.5 Å². The monoisotopic (exact) mass is 351 g/mol. The van der Waals surface area contributed by atoms with Crippen molar-refractivity contribution in [3.05, 3.63) is 66.2 Å². The molecule has 0 aliphatic rings. The zero-order valence-electron chi connectivity index (χ0n) is 14.8. The fourth-order valence-electron chi connectivity index (χ4n) is 2.34. The van der Waals surface area contributed by atoms with Crippen LogP contribution in [-0.4, -0.2) is 39.9 Å². The normalized spacial score (nSPS) is 10.4. The van der Waals surface area contributed by atoms with E-state index in [1.54, 1.807) is 23.3 Å². The molecule has 3 heterocycles. The lowest BCUT2D eigenvalue weighted by Gasteiger charge is -2.13. The highest BCUT2D eigenvalue weighted by Crippen LogP contribution is 2.09. The first kappa shape index (κ1) is 17.4. The maximum atomic E-state index is 12.0. The molecule has 8 nitrogen and oxygen atoms in total. The summed E-state index contributed by atoms with van der Waals surface area (Å²) in [7, 11) is 3.86. The minimum Gasteiger partial charge on any atom is -0.363 e. The van der Waals surface area contributed by atoms with Crippen LogP contribution in [0.5, 0.6) is 0 Å². The Balaban J connectivity index is 1.51. The number of nitrogens with one attached hydrogen (secondary N) is 2. The van der Waals surface area contributed by atoms with Crippen molar-refractivity contribution in [1.82, 2.24) is 30.4 Å². The Bertz CT molecular complexity index is 861. The quantitative estimate of drug-likeness (QED) is 0.706. The lowest BCUT2D eigenvalue weighted by atomic mass is 10.2. The first-order valence-corrected chi connectivity index (χ1v) is 8.21. The van der Waals surface area contributed by atoms with Crippen molar-refractivity contribution < 1.29 is 4.79 Å². The Hall–Kier alpha value is -3.42. The van der Waals surface area contributed by atoms with E-state index in [4.69, 9.17) is 0 Å². The summed E-state index contributed by atoms with van der Waals surface area (Å²) in [6.45, 7) is 0.839. The van der Waals surface area contributed by atoms with Gasteiger partial charge in [-0.2, -0.15) is 5.10 Å². The van der Waals surface area contributed by atoms with Gasteiger partial charge in [-0.05, 0) is 41.5 Å². The maximum absolute atomic E-state index is 12.0. The third-order valence-electron chi connectivity index (χ3n) is 3.72. The Morgan fingerprint density at radius 2 is 1.73 bits per heavy atom. The van der Waals surface area contributed by atoms with Crippen LogP contribution in [0, 0.1) is 0 Å². The van der Waals surface area contributed by atoms with Crippen molar-refractivity contribution >= 4 is 11.8 Å². The van der Waals surface area contributed by atoms with Crippen LogP contribution >= 0.6 is 0 Å². The molecule has 0 radical (unpaired) electrons. The predicted octanol–water partition coefficient (Wildman–Crippen LogP) is 1.73. The molecule has 2 amide bonds. The predicted molar refractivity (Wildman–Crippen MR) is 99.0 cm³/mol. The van der Waals surface area contributed by atoms with Crippen molar-refractivity contribution in [2.45, 2.75) is 13.1 Å². The van der Waals surface area contributed by atoms with Gasteiger partial charge in [-0.1, -0.05) is 0 Å². The summed E-state index contributed by atoms with van der Waals surface area (Å²) in [6, 6.07) is 9.18. The van der Waals surface area contributed by atoms with Crippen LogP contribution in [0.1, 0.15) is 11.1 Å². The fraction of sp³-hybridized carbons (Fsp3) is 0.222. The molecule has 0 atom stereocenters. The number of anilines is 1. The molecule has 134 valence electrons. The van der Waals surface area contributed by atoms with Gasteiger partial charge in [-0.25, -0.2) is 19.4 Å². The van der Waals surface area contributed by atoms with E-state index >= 15 is 0 Å². The van der Waals surface area contributed by atoms with Gasteiger partial charge in [0, 0.05) is 52.0 Å². The number of pyridine rings is 2. The van der Waals surface area contributed by atoms with Crippen LogP contribution in [0.3, 0.4) is 0 Å². The van der Waals surface area contributed by atoms with Gasteiger partial charge in [0.15, 0.2) is 5.82 Å². The standard InChI is InChI=1S/C18H21N7O/c1-24(2)16-10-14(4-7-19-16)12-21-18(26)22-13-15-5-8-20-17(11-15)25-9-3-6-23-25/h3-11H,12-13H2,1-2H3,(H2,21,22,26). The highest BCUT2D eigenvalue weighted by atomic mass is 16.2. The molecule has 0 spiro atoms. The zero-order valence-corrected chi connectivity index (χ0v) is 14.8. The largest absolute Gasteiger partial charge is 0.363 e. The Morgan fingerprint density at radius 1 is 1.04 bits per heavy atom. The average molecular weight is 351 g/mol. The third kappa shape index (κ3) is 4.56. The second-order valence-corrected chi connectivity index (χ2v) is 5.93. The number of carbonyl (C=O) groups excluding carboxylic acids is 1. The van der Waals surface area contributed by atoms with Gasteiger partial charge >= 0.3 is 6.03 Å². The molecular weight excluding hydrogens is 330 g/mol. The fourth-order valence-corrected chi connectivity index (χ4v) is 2.34. The molecule has 3 aromatic heterocycles. The lowest BCUT2D eigenvalue weighted by molar-refractivity contribution is 0.240. The number of hydrogen-bond acceptors (Lipinski definition) is 5. The zero-order chi connectivity index (χ0) is 18.4. The van der Waals surface area contributed by atoms with E-state index in [0.29, 0.717) is 18.9 Å². The molecular formula is C18H21N7O. The number of nitrogens with zero attached hydrogens (tertiary/aromatic N) is 5. The molecule has 0 aliphatic heterocycles.